The molecule has 1 atom stereocenters. The number of carbonyl (C=O) groups is 1. The first-order valence-corrected chi connectivity index (χ1v) is 5.08. The van der Waals surface area contributed by atoms with Crippen LogP contribution in [0, 0.1) is 0 Å². The minimum atomic E-state index is -1.12. The van der Waals surface area contributed by atoms with Crippen molar-refractivity contribution in [2.24, 2.45) is 0 Å². The number of thioether (sulfide) groups is 1. The second-order valence-electron chi connectivity index (χ2n) is 2.86. The maximum atomic E-state index is 10.6. The van der Waals surface area contributed by atoms with Gasteiger partial charge in [0.25, 0.3) is 0 Å². The smallest absolute Gasteiger partial charge is 0.181 e. The third-order valence-electron chi connectivity index (χ3n) is 1.81. The first kappa shape index (κ1) is 9.91. The third-order valence-corrected chi connectivity index (χ3v) is 2.89. The number of hydrogen-bond donors (Lipinski definition) is 1. The fourth-order valence-corrected chi connectivity index (χ4v) is 1.85. The van der Waals surface area contributed by atoms with E-state index in [-0.39, 0.29) is 0 Å². The van der Waals surface area contributed by atoms with Crippen molar-refractivity contribution in [1.82, 2.24) is 19.9 Å². The molecule has 2 aromatic heterocycles. The standard InChI is InChI=1S/C8H8N4O2S/c1-4(8(13)14)15-7-5-6(10-2-9-5)11-3-12-7/h2-4H,1H3,(H,13,14)(H,9,10,11,12)/p-1/t4-/m0/s1. The van der Waals surface area contributed by atoms with Crippen LogP contribution in [0.25, 0.3) is 11.2 Å². The number of rotatable bonds is 3. The van der Waals surface area contributed by atoms with Crippen LogP contribution in [0.1, 0.15) is 6.92 Å². The summed E-state index contributed by atoms with van der Waals surface area (Å²) in [5.41, 5.74) is 1.17. The molecule has 78 valence electrons. The minimum absolute atomic E-state index is 0.526. The molecule has 0 aliphatic heterocycles. The van der Waals surface area contributed by atoms with Crippen LogP contribution in [-0.4, -0.2) is 31.2 Å². The van der Waals surface area contributed by atoms with E-state index in [9.17, 15) is 9.90 Å². The molecular formula is C8H7N4O2S-. The molecule has 1 N–H and O–H groups in total. The molecule has 0 spiro atoms. The molecule has 0 amide bonds. The summed E-state index contributed by atoms with van der Waals surface area (Å²) >= 11 is 1.10. The fraction of sp³-hybridized carbons (Fsp3) is 0.250. The number of hydrogen-bond acceptors (Lipinski definition) is 6. The zero-order chi connectivity index (χ0) is 10.8. The van der Waals surface area contributed by atoms with E-state index in [0.29, 0.717) is 16.2 Å². The molecule has 0 saturated carbocycles. The highest BCUT2D eigenvalue weighted by Crippen LogP contribution is 2.25. The van der Waals surface area contributed by atoms with E-state index >= 15 is 0 Å². The van der Waals surface area contributed by atoms with Crippen molar-refractivity contribution in [1.29, 1.82) is 0 Å². The van der Waals surface area contributed by atoms with Crippen molar-refractivity contribution in [3.8, 4) is 0 Å². The first-order chi connectivity index (χ1) is 7.18. The molecule has 0 aliphatic carbocycles. The number of nitrogens with zero attached hydrogens (tertiary/aromatic N) is 3. The molecule has 15 heavy (non-hydrogen) atoms. The second-order valence-corrected chi connectivity index (χ2v) is 4.19. The van der Waals surface area contributed by atoms with Gasteiger partial charge < -0.3 is 14.9 Å². The molecular weight excluding hydrogens is 216 g/mol. The number of imidazole rings is 1. The highest BCUT2D eigenvalue weighted by molar-refractivity contribution is 8.00. The molecule has 0 bridgehead atoms. The largest absolute Gasteiger partial charge is 0.549 e. The number of fused-ring (bicyclic) bond motifs is 1. The van der Waals surface area contributed by atoms with Gasteiger partial charge in [-0.05, 0) is 6.92 Å². The Morgan fingerprint density at radius 3 is 3.07 bits per heavy atom. The van der Waals surface area contributed by atoms with Crippen LogP contribution in [0.15, 0.2) is 17.7 Å². The minimum Gasteiger partial charge on any atom is -0.549 e. The van der Waals surface area contributed by atoms with Crippen LogP contribution in [0.2, 0.25) is 0 Å². The Morgan fingerprint density at radius 1 is 1.53 bits per heavy atom. The van der Waals surface area contributed by atoms with E-state index in [1.165, 1.54) is 12.7 Å². The number of H-pyrrole nitrogens is 1. The van der Waals surface area contributed by atoms with Gasteiger partial charge in [0.2, 0.25) is 0 Å². The van der Waals surface area contributed by atoms with Crippen molar-refractivity contribution in [2.45, 2.75) is 17.2 Å². The average molecular weight is 223 g/mol. The number of carboxylic acids is 1. The molecule has 6 nitrogen and oxygen atoms in total. The van der Waals surface area contributed by atoms with Crippen LogP contribution in [0.4, 0.5) is 0 Å². The maximum absolute atomic E-state index is 10.6. The van der Waals surface area contributed by atoms with Crippen LogP contribution in [0.5, 0.6) is 0 Å². The van der Waals surface area contributed by atoms with Crippen LogP contribution in [0.3, 0.4) is 0 Å². The Bertz CT molecular complexity index is 498. The van der Waals surface area contributed by atoms with E-state index < -0.39 is 11.2 Å². The highest BCUT2D eigenvalue weighted by Gasteiger charge is 2.11. The van der Waals surface area contributed by atoms with Gasteiger partial charge in [0.1, 0.15) is 16.9 Å². The second kappa shape index (κ2) is 3.85. The van der Waals surface area contributed by atoms with Crippen molar-refractivity contribution in [2.75, 3.05) is 0 Å². The number of aliphatic carboxylic acids is 1. The Morgan fingerprint density at radius 2 is 2.33 bits per heavy atom. The topological polar surface area (TPSA) is 94.6 Å². The summed E-state index contributed by atoms with van der Waals surface area (Å²) in [6, 6.07) is 0. The fourth-order valence-electron chi connectivity index (χ4n) is 1.05. The van der Waals surface area contributed by atoms with E-state index in [1.807, 2.05) is 0 Å². The molecule has 0 radical (unpaired) electrons. The molecule has 0 aliphatic rings. The molecule has 2 rings (SSSR count). The van der Waals surface area contributed by atoms with Gasteiger partial charge in [0.15, 0.2) is 5.65 Å². The van der Waals surface area contributed by atoms with Gasteiger partial charge in [-0.1, -0.05) is 11.8 Å². The summed E-state index contributed by atoms with van der Waals surface area (Å²) in [5.74, 6) is -1.12. The number of carboxylic acid groups (broad SMARTS) is 1. The number of aromatic amines is 1. The molecule has 2 heterocycles. The third kappa shape index (κ3) is 1.91. The summed E-state index contributed by atoms with van der Waals surface area (Å²) in [6.45, 7) is 1.55. The van der Waals surface area contributed by atoms with E-state index in [1.54, 1.807) is 6.92 Å². The quantitative estimate of drug-likeness (QED) is 0.561. The number of nitrogens with one attached hydrogen (secondary N) is 1. The normalized spacial score (nSPS) is 12.9. The lowest BCUT2D eigenvalue weighted by atomic mass is 10.5. The van der Waals surface area contributed by atoms with Crippen LogP contribution >= 0.6 is 11.8 Å². The summed E-state index contributed by atoms with van der Waals surface area (Å²) < 4.78 is 0. The maximum Gasteiger partial charge on any atom is 0.181 e. The SMILES string of the molecule is C[C@H](Sc1ncnc2nc[nH]c12)C(=O)[O-]. The predicted molar refractivity (Wildman–Crippen MR) is 52.0 cm³/mol. The van der Waals surface area contributed by atoms with Gasteiger partial charge in [-0.2, -0.15) is 0 Å². The Balaban J connectivity index is 2.35. The van der Waals surface area contributed by atoms with E-state index in [4.69, 9.17) is 0 Å². The van der Waals surface area contributed by atoms with Crippen molar-refractivity contribution in [3.05, 3.63) is 12.7 Å². The Hall–Kier alpha value is -1.63. The first-order valence-electron chi connectivity index (χ1n) is 4.20. The van der Waals surface area contributed by atoms with Crippen molar-refractivity contribution in [3.63, 3.8) is 0 Å². The van der Waals surface area contributed by atoms with E-state index in [0.717, 1.165) is 11.8 Å². The molecule has 0 fully saturated rings. The van der Waals surface area contributed by atoms with Gasteiger partial charge in [-0.25, -0.2) is 15.0 Å². The van der Waals surface area contributed by atoms with Gasteiger partial charge in [0, 0.05) is 5.25 Å². The number of aromatic nitrogens is 4. The summed E-state index contributed by atoms with van der Waals surface area (Å²) in [4.78, 5) is 25.3. The summed E-state index contributed by atoms with van der Waals surface area (Å²) in [5, 5.41) is 10.5. The van der Waals surface area contributed by atoms with Crippen molar-refractivity contribution < 1.29 is 9.90 Å². The Kier molecular flexibility index (Phi) is 2.55. The van der Waals surface area contributed by atoms with Gasteiger partial charge >= 0.3 is 0 Å². The average Bonchev–Trinajstić information content (AvgIpc) is 2.66. The lowest BCUT2D eigenvalue weighted by Gasteiger charge is -2.10. The zero-order valence-electron chi connectivity index (χ0n) is 7.80. The molecule has 2 aromatic rings. The molecule has 7 heteroatoms. The Labute approximate surface area is 89.2 Å². The van der Waals surface area contributed by atoms with Crippen molar-refractivity contribution >= 4 is 28.9 Å². The monoisotopic (exact) mass is 223 g/mol. The lowest BCUT2D eigenvalue weighted by Crippen LogP contribution is -2.31. The summed E-state index contributed by atoms with van der Waals surface area (Å²) in [7, 11) is 0. The summed E-state index contributed by atoms with van der Waals surface area (Å²) in [6.07, 6.45) is 2.85. The van der Waals surface area contributed by atoms with E-state index in [2.05, 4.69) is 19.9 Å². The van der Waals surface area contributed by atoms with Crippen LogP contribution < -0.4 is 5.11 Å². The molecule has 0 aromatic carbocycles. The van der Waals surface area contributed by atoms with Gasteiger partial charge in [-0.15, -0.1) is 0 Å². The van der Waals surface area contributed by atoms with Gasteiger partial charge in [0.05, 0.1) is 12.3 Å². The number of carbonyl (C=O) groups excluding carboxylic acids is 1. The predicted octanol–water partition coefficient (Wildman–Crippen LogP) is -0.417. The lowest BCUT2D eigenvalue weighted by molar-refractivity contribution is -0.304. The zero-order valence-corrected chi connectivity index (χ0v) is 8.61. The van der Waals surface area contributed by atoms with Gasteiger partial charge in [-0.3, -0.25) is 0 Å². The van der Waals surface area contributed by atoms with Crippen LogP contribution in [-0.2, 0) is 4.79 Å². The molecule has 0 saturated heterocycles. The molecule has 0 unspecified atom stereocenters. The highest BCUT2D eigenvalue weighted by atomic mass is 32.2.